The Kier molecular flexibility index (Phi) is 10.5. The molecule has 2 heterocycles. The van der Waals surface area contributed by atoms with Gasteiger partial charge in [-0.2, -0.15) is 0 Å². The van der Waals surface area contributed by atoms with Crippen LogP contribution in [0.2, 0.25) is 0 Å². The highest BCUT2D eigenvalue weighted by Crippen LogP contribution is 2.45. The molecule has 1 saturated heterocycles. The van der Waals surface area contributed by atoms with Crippen LogP contribution >= 0.6 is 0 Å². The second-order valence-electron chi connectivity index (χ2n) is 15.2. The molecular formula is C38H49N5O10S. The van der Waals surface area contributed by atoms with Crippen molar-refractivity contribution in [2.75, 3.05) is 13.6 Å². The molecule has 2 aliphatic carbocycles. The van der Waals surface area contributed by atoms with E-state index in [-0.39, 0.29) is 49.6 Å². The van der Waals surface area contributed by atoms with Gasteiger partial charge in [0, 0.05) is 30.3 Å². The molecule has 15 nitrogen and oxygen atoms in total. The minimum atomic E-state index is -3.97. The number of alkyl carbamates (subject to hydrolysis) is 1. The second-order valence-corrected chi connectivity index (χ2v) is 17.2. The molecule has 54 heavy (non-hydrogen) atoms. The molecule has 16 heteroatoms. The highest BCUT2D eigenvalue weighted by Gasteiger charge is 2.62. The number of ether oxygens (including phenoxy) is 3. The third-order valence-electron chi connectivity index (χ3n) is 9.31. The average molecular weight is 771 g/mol. The molecule has 3 fully saturated rings. The summed E-state index contributed by atoms with van der Waals surface area (Å²) >= 11 is 0. The zero-order valence-corrected chi connectivity index (χ0v) is 31.8. The number of nitrogens with one attached hydrogen (secondary N) is 3. The van der Waals surface area contributed by atoms with Crippen molar-refractivity contribution in [3.05, 3.63) is 54.8 Å². The van der Waals surface area contributed by atoms with Gasteiger partial charge in [-0.25, -0.2) is 18.2 Å². The van der Waals surface area contributed by atoms with Gasteiger partial charge in [0.25, 0.3) is 5.91 Å². The number of sulfonamides is 1. The number of likely N-dealkylation sites (tertiary alicyclic amines) is 1. The van der Waals surface area contributed by atoms with Crippen molar-refractivity contribution >= 4 is 50.4 Å². The van der Waals surface area contributed by atoms with Gasteiger partial charge in [0.1, 0.15) is 35.1 Å². The lowest BCUT2D eigenvalue weighted by molar-refractivity contribution is -0.141. The molecule has 1 aliphatic heterocycles. The molecule has 0 bridgehead atoms. The van der Waals surface area contributed by atoms with E-state index in [1.807, 2.05) is 0 Å². The smallest absolute Gasteiger partial charge is 0.408 e. The van der Waals surface area contributed by atoms with Gasteiger partial charge in [0.2, 0.25) is 27.7 Å². The third kappa shape index (κ3) is 9.56. The lowest BCUT2D eigenvalue weighted by atomic mass is 10.1. The third-order valence-corrected chi connectivity index (χ3v) is 11.1. The zero-order valence-electron chi connectivity index (χ0n) is 34.0. The summed E-state index contributed by atoms with van der Waals surface area (Å²) in [5.74, 6) is -3.13. The fraction of sp³-hybridized carbons (Fsp3) is 0.526. The summed E-state index contributed by atoms with van der Waals surface area (Å²) in [7, 11) is -6.65. The van der Waals surface area contributed by atoms with Gasteiger partial charge in [-0.15, -0.1) is 6.58 Å². The van der Waals surface area contributed by atoms with E-state index in [2.05, 4.69) is 26.9 Å². The van der Waals surface area contributed by atoms with Crippen LogP contribution in [0.4, 0.5) is 4.79 Å². The molecule has 3 aliphatic rings. The van der Waals surface area contributed by atoms with Gasteiger partial charge in [-0.3, -0.25) is 23.9 Å². The molecule has 292 valence electrons. The Morgan fingerprint density at radius 3 is 2.54 bits per heavy atom. The number of nitrogens with zero attached hydrogens (tertiary/aromatic N) is 2. The molecule has 0 spiro atoms. The number of methoxy groups -OCH3 is 1. The van der Waals surface area contributed by atoms with Crippen LogP contribution in [0.5, 0.6) is 11.6 Å². The standard InChI is InChI=1S/C38H49N5O10S/c1-8-24-20-38(24,35(47)42-54(49,50)28-11-12-28)41-32(45)31-19-27(52-33-29-13-10-26(51-7)18-23(29)15-16-39-33)21-43(31)34(46)30(14-9-25(44)17-22(2)3)40-36(48)53-37(4,5)6/h8,10,13,15-18,24,27-28,30-31H,1,9,11-12,14,19-21H2,2-7H3,(H,40,48)(H,41,45)(H,42,47)/t24-,27-,30+,31+,38-/m1/s1/i7D3. The number of aromatic nitrogens is 1. The molecule has 1 aromatic heterocycles. The number of carbonyl (C=O) groups excluding carboxylic acids is 5. The van der Waals surface area contributed by atoms with E-state index in [4.69, 9.17) is 18.3 Å². The van der Waals surface area contributed by atoms with Crippen molar-refractivity contribution in [1.82, 2.24) is 25.2 Å². The van der Waals surface area contributed by atoms with Crippen LogP contribution in [0.3, 0.4) is 0 Å². The summed E-state index contributed by atoms with van der Waals surface area (Å²) in [4.78, 5) is 73.6. The Balaban J connectivity index is 1.45. The monoisotopic (exact) mass is 770 g/mol. The van der Waals surface area contributed by atoms with Crippen LogP contribution in [-0.4, -0.2) is 96.1 Å². The van der Waals surface area contributed by atoms with Crippen LogP contribution in [0, 0.1) is 5.92 Å². The van der Waals surface area contributed by atoms with Crippen molar-refractivity contribution in [3.63, 3.8) is 0 Å². The van der Waals surface area contributed by atoms with Crippen LogP contribution in [0.25, 0.3) is 10.8 Å². The number of benzene rings is 1. The Labute approximate surface area is 319 Å². The topological polar surface area (TPSA) is 199 Å². The SMILES string of the molecule is [2H]C([2H])([2H])Oc1ccc2c(O[C@@H]3C[C@@H](C(=O)N[C@]4(C(=O)NS(=O)(=O)C5CC5)C[C@H]4C=C)N(C(=O)[C@H](CCC(=O)C=C(C)C)NC(=O)OC(C)(C)C)C3)nccc2c1. The van der Waals surface area contributed by atoms with Gasteiger partial charge in [-0.1, -0.05) is 11.6 Å². The highest BCUT2D eigenvalue weighted by atomic mass is 32.2. The van der Waals surface area contributed by atoms with Crippen molar-refractivity contribution in [2.24, 2.45) is 5.92 Å². The number of hydrogen-bond donors (Lipinski definition) is 3. The number of hydrogen-bond acceptors (Lipinski definition) is 11. The maximum Gasteiger partial charge on any atom is 0.408 e. The van der Waals surface area contributed by atoms with E-state index in [0.29, 0.717) is 23.6 Å². The average Bonchev–Trinajstić information content (AvgIpc) is 4.01. The van der Waals surface area contributed by atoms with E-state index < -0.39 is 81.4 Å². The number of carbonyl (C=O) groups is 5. The van der Waals surface area contributed by atoms with Crippen LogP contribution in [0.15, 0.2) is 54.8 Å². The largest absolute Gasteiger partial charge is 0.497 e. The van der Waals surface area contributed by atoms with Crippen LogP contribution in [0.1, 0.15) is 77.3 Å². The number of allylic oxidation sites excluding steroid dienone is 2. The molecule has 2 saturated carbocycles. The second kappa shape index (κ2) is 15.8. The number of fused-ring (bicyclic) bond motifs is 1. The molecule has 5 rings (SSSR count). The van der Waals surface area contributed by atoms with Crippen molar-refractivity contribution in [2.45, 2.75) is 108 Å². The number of amides is 4. The Morgan fingerprint density at radius 1 is 1.17 bits per heavy atom. The van der Waals surface area contributed by atoms with Crippen molar-refractivity contribution in [1.29, 1.82) is 0 Å². The fourth-order valence-electron chi connectivity index (χ4n) is 6.43. The first-order valence-corrected chi connectivity index (χ1v) is 19.3. The maximum absolute atomic E-state index is 14.5. The minimum Gasteiger partial charge on any atom is -0.497 e. The number of ketones is 1. The molecule has 0 unspecified atom stereocenters. The van der Waals surface area contributed by atoms with Gasteiger partial charge < -0.3 is 29.7 Å². The van der Waals surface area contributed by atoms with E-state index in [9.17, 15) is 32.4 Å². The van der Waals surface area contributed by atoms with Crippen molar-refractivity contribution in [3.8, 4) is 11.6 Å². The van der Waals surface area contributed by atoms with Gasteiger partial charge in [-0.05, 0) is 96.0 Å². The first-order valence-electron chi connectivity index (χ1n) is 19.2. The molecular weight excluding hydrogens is 719 g/mol. The molecule has 1 aromatic carbocycles. The van der Waals surface area contributed by atoms with E-state index in [1.165, 1.54) is 35.4 Å². The molecule has 4 amide bonds. The Bertz CT molecular complexity index is 2080. The molecule has 2 aromatic rings. The Hall–Kier alpha value is -4.99. The predicted molar refractivity (Wildman–Crippen MR) is 199 cm³/mol. The first-order chi connectivity index (χ1) is 26.5. The van der Waals surface area contributed by atoms with Gasteiger partial charge in [0.05, 0.1) is 22.9 Å². The normalized spacial score (nSPS) is 23.8. The lowest BCUT2D eigenvalue weighted by Gasteiger charge is -2.30. The molecule has 5 atom stereocenters. The van der Waals surface area contributed by atoms with E-state index in [0.717, 1.165) is 5.57 Å². The summed E-state index contributed by atoms with van der Waals surface area (Å²) in [5.41, 5.74) is -1.84. The Morgan fingerprint density at radius 2 is 1.91 bits per heavy atom. The van der Waals surface area contributed by atoms with Crippen LogP contribution < -0.4 is 24.8 Å². The zero-order chi connectivity index (χ0) is 42.1. The van der Waals surface area contributed by atoms with Crippen molar-refractivity contribution < 1.29 is 50.7 Å². The summed E-state index contributed by atoms with van der Waals surface area (Å²) in [6, 6.07) is 3.49. The molecule has 0 radical (unpaired) electrons. The fourth-order valence-corrected chi connectivity index (χ4v) is 7.79. The predicted octanol–water partition coefficient (Wildman–Crippen LogP) is 3.47. The van der Waals surface area contributed by atoms with Gasteiger partial charge in [0.15, 0.2) is 5.78 Å². The molecule has 3 N–H and O–H groups in total. The first kappa shape index (κ1) is 36.0. The minimum absolute atomic E-state index is 0.0670. The lowest BCUT2D eigenvalue weighted by Crippen LogP contribution is -2.58. The van der Waals surface area contributed by atoms with E-state index in [1.54, 1.807) is 46.8 Å². The summed E-state index contributed by atoms with van der Waals surface area (Å²) in [6.07, 6.45) is 2.97. The number of pyridine rings is 1. The quantitative estimate of drug-likeness (QED) is 0.177. The maximum atomic E-state index is 14.5. The summed E-state index contributed by atoms with van der Waals surface area (Å²) in [5, 5.41) is 5.58. The van der Waals surface area contributed by atoms with E-state index >= 15 is 0 Å². The number of rotatable bonds is 15. The van der Waals surface area contributed by atoms with Gasteiger partial charge >= 0.3 is 6.09 Å². The summed E-state index contributed by atoms with van der Waals surface area (Å²) < 4.78 is 66.6. The summed E-state index contributed by atoms with van der Waals surface area (Å²) in [6.45, 7) is 11.9. The van der Waals surface area contributed by atoms with Crippen LogP contribution in [-0.2, 0) is 33.9 Å². The highest BCUT2D eigenvalue weighted by molar-refractivity contribution is 7.91.